The van der Waals surface area contributed by atoms with Crippen LogP contribution in [0.25, 0.3) is 0 Å². The van der Waals surface area contributed by atoms with Crippen LogP contribution in [0, 0.1) is 6.92 Å². The van der Waals surface area contributed by atoms with E-state index in [2.05, 4.69) is 22.1 Å². The second-order valence-corrected chi connectivity index (χ2v) is 6.46. The van der Waals surface area contributed by atoms with Crippen LogP contribution in [-0.4, -0.2) is 43.0 Å². The van der Waals surface area contributed by atoms with Gasteiger partial charge in [0.25, 0.3) is 0 Å². The molecule has 25 heavy (non-hydrogen) atoms. The predicted molar refractivity (Wildman–Crippen MR) is 99.8 cm³/mol. The lowest BCUT2D eigenvalue weighted by Gasteiger charge is -2.32. The van der Waals surface area contributed by atoms with Crippen molar-refractivity contribution < 1.29 is 14.9 Å². The minimum absolute atomic E-state index is 0.0218. The van der Waals surface area contributed by atoms with Gasteiger partial charge in [-0.05, 0) is 31.2 Å². The number of methoxy groups -OCH3 is 1. The largest absolute Gasteiger partial charge is 0.496 e. The molecule has 0 saturated heterocycles. The highest BCUT2D eigenvalue weighted by Crippen LogP contribution is 2.47. The smallest absolute Gasteiger partial charge is 0.130 e. The van der Waals surface area contributed by atoms with Gasteiger partial charge in [-0.25, -0.2) is 0 Å². The molecule has 5 heteroatoms. The summed E-state index contributed by atoms with van der Waals surface area (Å²) in [7, 11) is 1.64. The SMILES string of the molecule is COc1c(C2(CCO)C=CC=N2)cc(C)cc1C1(CCO)C=CC=N1. The molecule has 0 fully saturated rings. The Morgan fingerprint density at radius 1 is 0.920 bits per heavy atom. The van der Waals surface area contributed by atoms with Crippen LogP contribution in [0.4, 0.5) is 0 Å². The molecular formula is C20H24N2O3. The first-order chi connectivity index (χ1) is 12.1. The van der Waals surface area contributed by atoms with Crippen molar-refractivity contribution in [1.29, 1.82) is 0 Å². The lowest BCUT2D eigenvalue weighted by molar-refractivity contribution is 0.253. The van der Waals surface area contributed by atoms with Crippen LogP contribution in [0.1, 0.15) is 29.5 Å². The Balaban J connectivity index is 2.24. The number of nitrogens with zero attached hydrogens (tertiary/aromatic N) is 2. The first-order valence-corrected chi connectivity index (χ1v) is 8.48. The van der Waals surface area contributed by atoms with E-state index < -0.39 is 11.1 Å². The van der Waals surface area contributed by atoms with E-state index in [1.54, 1.807) is 19.5 Å². The van der Waals surface area contributed by atoms with Crippen LogP contribution in [0.3, 0.4) is 0 Å². The van der Waals surface area contributed by atoms with E-state index in [4.69, 9.17) is 4.74 Å². The van der Waals surface area contributed by atoms with Crippen molar-refractivity contribution in [1.82, 2.24) is 0 Å². The molecule has 0 bridgehead atoms. The van der Waals surface area contributed by atoms with Crippen molar-refractivity contribution in [3.63, 3.8) is 0 Å². The Hall–Kier alpha value is -2.24. The van der Waals surface area contributed by atoms with Gasteiger partial charge < -0.3 is 14.9 Å². The molecule has 2 atom stereocenters. The summed E-state index contributed by atoms with van der Waals surface area (Å²) in [6.45, 7) is 2.07. The van der Waals surface area contributed by atoms with Crippen molar-refractivity contribution in [2.24, 2.45) is 9.98 Å². The average molecular weight is 340 g/mol. The Bertz CT molecular complexity index is 679. The lowest BCUT2D eigenvalue weighted by Crippen LogP contribution is -2.26. The molecule has 2 unspecified atom stereocenters. The van der Waals surface area contributed by atoms with Gasteiger partial charge in [0.2, 0.25) is 0 Å². The van der Waals surface area contributed by atoms with Gasteiger partial charge in [0.05, 0.1) is 7.11 Å². The zero-order valence-corrected chi connectivity index (χ0v) is 14.6. The number of aliphatic hydroxyl groups excluding tert-OH is 2. The summed E-state index contributed by atoms with van der Waals surface area (Å²) < 4.78 is 5.82. The van der Waals surface area contributed by atoms with Gasteiger partial charge in [-0.15, -0.1) is 0 Å². The monoisotopic (exact) mass is 340 g/mol. The molecule has 0 aromatic heterocycles. The third-order valence-corrected chi connectivity index (χ3v) is 4.88. The highest BCUT2D eigenvalue weighted by atomic mass is 16.5. The summed E-state index contributed by atoms with van der Waals surface area (Å²) in [5.41, 5.74) is 1.63. The summed E-state index contributed by atoms with van der Waals surface area (Å²) in [4.78, 5) is 9.26. The maximum atomic E-state index is 9.59. The molecule has 3 rings (SSSR count). The standard InChI is InChI=1S/C20H24N2O3/c1-15-13-16(19(7-11-23)5-3-9-21-19)18(25-2)17(14-15)20(8-12-24)6-4-10-22-20/h3-6,9-10,13-14,23-24H,7-8,11-12H2,1-2H3. The predicted octanol–water partition coefficient (Wildman–Crippen LogP) is 2.44. The van der Waals surface area contributed by atoms with Crippen molar-refractivity contribution in [2.75, 3.05) is 20.3 Å². The molecule has 2 N–H and O–H groups in total. The molecule has 2 heterocycles. The van der Waals surface area contributed by atoms with Crippen LogP contribution in [0.15, 0.2) is 46.4 Å². The fourth-order valence-corrected chi connectivity index (χ4v) is 3.70. The van der Waals surface area contributed by atoms with Crippen LogP contribution in [0.5, 0.6) is 5.75 Å². The van der Waals surface area contributed by atoms with Crippen molar-refractivity contribution in [2.45, 2.75) is 30.8 Å². The van der Waals surface area contributed by atoms with Crippen LogP contribution >= 0.6 is 0 Å². The molecule has 0 amide bonds. The first-order valence-electron chi connectivity index (χ1n) is 8.48. The maximum absolute atomic E-state index is 9.59. The number of aliphatic hydroxyl groups is 2. The minimum Gasteiger partial charge on any atom is -0.496 e. The molecular weight excluding hydrogens is 316 g/mol. The second kappa shape index (κ2) is 6.94. The second-order valence-electron chi connectivity index (χ2n) is 6.46. The summed E-state index contributed by atoms with van der Waals surface area (Å²) in [6, 6.07) is 4.11. The lowest BCUT2D eigenvalue weighted by atomic mass is 9.79. The Labute approximate surface area is 148 Å². The zero-order chi connectivity index (χ0) is 17.9. The van der Waals surface area contributed by atoms with Crippen molar-refractivity contribution >= 4 is 12.4 Å². The number of aryl methyl sites for hydroxylation is 1. The van der Waals surface area contributed by atoms with Crippen molar-refractivity contribution in [3.05, 3.63) is 53.1 Å². The summed E-state index contributed by atoms with van der Waals surface area (Å²) in [5, 5.41) is 19.2. The normalized spacial score (nSPS) is 26.7. The quantitative estimate of drug-likeness (QED) is 0.800. The van der Waals surface area contributed by atoms with Gasteiger partial charge in [0, 0.05) is 49.6 Å². The number of ether oxygens (including phenoxy) is 1. The fourth-order valence-electron chi connectivity index (χ4n) is 3.70. The van der Waals surface area contributed by atoms with Crippen LogP contribution in [-0.2, 0) is 11.1 Å². The third kappa shape index (κ3) is 2.94. The molecule has 0 saturated carbocycles. The summed E-state index contributed by atoms with van der Waals surface area (Å²) in [6.07, 6.45) is 12.3. The Kier molecular flexibility index (Phi) is 4.88. The van der Waals surface area contributed by atoms with Crippen LogP contribution in [0.2, 0.25) is 0 Å². The number of aliphatic imine (C=N–C) groups is 2. The number of allylic oxidation sites excluding steroid dienone is 2. The van der Waals surface area contributed by atoms with E-state index in [1.165, 1.54) is 0 Å². The number of rotatable bonds is 7. The van der Waals surface area contributed by atoms with Gasteiger partial charge in [0.1, 0.15) is 16.8 Å². The van der Waals surface area contributed by atoms with E-state index in [1.807, 2.05) is 31.2 Å². The van der Waals surface area contributed by atoms with E-state index in [0.29, 0.717) is 18.6 Å². The Morgan fingerprint density at radius 3 is 1.72 bits per heavy atom. The zero-order valence-electron chi connectivity index (χ0n) is 14.6. The maximum Gasteiger partial charge on any atom is 0.130 e. The third-order valence-electron chi connectivity index (χ3n) is 4.88. The summed E-state index contributed by atoms with van der Waals surface area (Å²) in [5.74, 6) is 0.708. The average Bonchev–Trinajstić information content (AvgIpc) is 3.26. The van der Waals surface area contributed by atoms with Gasteiger partial charge in [-0.2, -0.15) is 0 Å². The molecule has 2 aliphatic heterocycles. The Morgan fingerprint density at radius 2 is 1.40 bits per heavy atom. The van der Waals surface area contributed by atoms with Gasteiger partial charge in [-0.1, -0.05) is 17.7 Å². The van der Waals surface area contributed by atoms with Gasteiger partial charge in [0.15, 0.2) is 0 Å². The molecule has 1 aromatic carbocycles. The first kappa shape index (κ1) is 17.6. The van der Waals surface area contributed by atoms with E-state index in [0.717, 1.165) is 16.7 Å². The minimum atomic E-state index is -0.632. The molecule has 0 aliphatic carbocycles. The van der Waals surface area contributed by atoms with E-state index in [9.17, 15) is 10.2 Å². The molecule has 5 nitrogen and oxygen atoms in total. The molecule has 0 spiro atoms. The number of benzene rings is 1. The van der Waals surface area contributed by atoms with Crippen molar-refractivity contribution in [3.8, 4) is 5.75 Å². The number of hydrogen-bond acceptors (Lipinski definition) is 5. The van der Waals surface area contributed by atoms with Crippen LogP contribution < -0.4 is 4.74 Å². The summed E-state index contributed by atoms with van der Waals surface area (Å²) >= 11 is 0. The van der Waals surface area contributed by atoms with Gasteiger partial charge >= 0.3 is 0 Å². The van der Waals surface area contributed by atoms with Gasteiger partial charge in [-0.3, -0.25) is 9.98 Å². The molecule has 2 aliphatic rings. The van der Waals surface area contributed by atoms with E-state index in [-0.39, 0.29) is 13.2 Å². The highest BCUT2D eigenvalue weighted by molar-refractivity contribution is 5.78. The molecule has 132 valence electrons. The molecule has 1 aromatic rings. The topological polar surface area (TPSA) is 74.4 Å². The molecule has 0 radical (unpaired) electrons. The fraction of sp³-hybridized carbons (Fsp3) is 0.400. The number of hydrogen-bond donors (Lipinski definition) is 2. The van der Waals surface area contributed by atoms with E-state index >= 15 is 0 Å². The highest BCUT2D eigenvalue weighted by Gasteiger charge is 2.39.